The summed E-state index contributed by atoms with van der Waals surface area (Å²) in [5.74, 6) is 0.692. The quantitative estimate of drug-likeness (QED) is 0.769. The molecule has 0 saturated heterocycles. The summed E-state index contributed by atoms with van der Waals surface area (Å²) in [5, 5.41) is 22.7. The Balaban J connectivity index is 1.80. The van der Waals surface area contributed by atoms with Crippen LogP contribution in [0.3, 0.4) is 0 Å². The molecule has 0 aliphatic carbocycles. The third kappa shape index (κ3) is 5.86. The molecule has 24 heavy (non-hydrogen) atoms. The number of rotatable bonds is 8. The van der Waals surface area contributed by atoms with Crippen molar-refractivity contribution in [3.05, 3.63) is 64.7 Å². The van der Waals surface area contributed by atoms with E-state index in [-0.39, 0.29) is 12.6 Å². The van der Waals surface area contributed by atoms with E-state index in [0.717, 1.165) is 17.5 Å². The van der Waals surface area contributed by atoms with Gasteiger partial charge in [0.2, 0.25) is 0 Å². The third-order valence-corrected chi connectivity index (χ3v) is 3.90. The van der Waals surface area contributed by atoms with Gasteiger partial charge in [0.05, 0.1) is 6.10 Å². The van der Waals surface area contributed by atoms with E-state index in [1.807, 2.05) is 42.5 Å². The molecule has 0 saturated carbocycles. The second-order valence-electron chi connectivity index (χ2n) is 5.67. The number of nitrogens with one attached hydrogen (secondary N) is 1. The van der Waals surface area contributed by atoms with E-state index in [1.54, 1.807) is 12.1 Å². The predicted octanol–water partition coefficient (Wildman–Crippen LogP) is 3.50. The first-order valence-electron chi connectivity index (χ1n) is 7.84. The maximum absolute atomic E-state index is 10.2. The van der Waals surface area contributed by atoms with Gasteiger partial charge in [-0.3, -0.25) is 0 Å². The summed E-state index contributed by atoms with van der Waals surface area (Å²) in [5.41, 5.74) is 1.97. The van der Waals surface area contributed by atoms with Crippen molar-refractivity contribution < 1.29 is 9.84 Å². The van der Waals surface area contributed by atoms with E-state index in [1.165, 1.54) is 0 Å². The van der Waals surface area contributed by atoms with Crippen LogP contribution in [0, 0.1) is 11.3 Å². The maximum Gasteiger partial charge on any atom is 0.174 e. The van der Waals surface area contributed by atoms with Crippen LogP contribution in [0.25, 0.3) is 0 Å². The summed E-state index contributed by atoms with van der Waals surface area (Å²) in [6.45, 7) is 2.59. The minimum Gasteiger partial charge on any atom is -0.479 e. The average Bonchev–Trinajstić information content (AvgIpc) is 2.59. The van der Waals surface area contributed by atoms with E-state index in [4.69, 9.17) is 21.6 Å². The topological polar surface area (TPSA) is 65.3 Å². The Morgan fingerprint density at radius 3 is 2.67 bits per heavy atom. The fraction of sp³-hybridized carbons (Fsp3) is 0.316. The highest BCUT2D eigenvalue weighted by Gasteiger charge is 2.10. The summed E-state index contributed by atoms with van der Waals surface area (Å²) in [6, 6.07) is 17.1. The highest BCUT2D eigenvalue weighted by molar-refractivity contribution is 6.30. The summed E-state index contributed by atoms with van der Waals surface area (Å²) in [4.78, 5) is 0. The molecule has 2 N–H and O–H groups in total. The molecule has 0 spiro atoms. The van der Waals surface area contributed by atoms with Crippen molar-refractivity contribution in [2.45, 2.75) is 25.5 Å². The molecule has 126 valence electrons. The minimum atomic E-state index is -0.590. The molecule has 0 radical (unpaired) electrons. The number of ether oxygens (including phenoxy) is 1. The van der Waals surface area contributed by atoms with Crippen molar-refractivity contribution in [2.24, 2.45) is 0 Å². The lowest BCUT2D eigenvalue weighted by molar-refractivity contribution is 0.170. The molecule has 0 heterocycles. The van der Waals surface area contributed by atoms with E-state index in [9.17, 15) is 5.11 Å². The van der Waals surface area contributed by atoms with E-state index in [0.29, 0.717) is 17.3 Å². The molecule has 2 aromatic carbocycles. The van der Waals surface area contributed by atoms with Gasteiger partial charge in [0.1, 0.15) is 11.8 Å². The molecule has 0 fully saturated rings. The molecular formula is C19H21ClN2O2. The lowest BCUT2D eigenvalue weighted by Gasteiger charge is -2.18. The van der Waals surface area contributed by atoms with E-state index < -0.39 is 6.10 Å². The molecule has 4 nitrogen and oxygen atoms in total. The first kappa shape index (κ1) is 18.3. The molecule has 0 aromatic heterocycles. The number of aliphatic hydroxyl groups is 1. The van der Waals surface area contributed by atoms with Crippen molar-refractivity contribution in [2.75, 3.05) is 13.2 Å². The number of benzene rings is 2. The Hall–Kier alpha value is -2.06. The SMILES string of the molecule is CC(Cc1ccc(OCC#N)cc1)NCC(O)c1cccc(Cl)c1. The second-order valence-corrected chi connectivity index (χ2v) is 6.11. The fourth-order valence-electron chi connectivity index (χ4n) is 2.41. The average molecular weight is 345 g/mol. The Morgan fingerprint density at radius 1 is 1.25 bits per heavy atom. The van der Waals surface area contributed by atoms with Gasteiger partial charge in [-0.15, -0.1) is 0 Å². The molecule has 0 aliphatic heterocycles. The lowest BCUT2D eigenvalue weighted by atomic mass is 10.1. The third-order valence-electron chi connectivity index (χ3n) is 3.66. The van der Waals surface area contributed by atoms with Gasteiger partial charge >= 0.3 is 0 Å². The molecule has 0 bridgehead atoms. The second kappa shape index (κ2) is 9.29. The van der Waals surface area contributed by atoms with Crippen LogP contribution in [0.4, 0.5) is 0 Å². The normalized spacial score (nSPS) is 13.1. The smallest absolute Gasteiger partial charge is 0.174 e. The molecule has 0 aliphatic rings. The Bertz CT molecular complexity index is 683. The van der Waals surface area contributed by atoms with Crippen LogP contribution in [0.1, 0.15) is 24.2 Å². The largest absolute Gasteiger partial charge is 0.479 e. The molecule has 2 unspecified atom stereocenters. The fourth-order valence-corrected chi connectivity index (χ4v) is 2.61. The van der Waals surface area contributed by atoms with Crippen molar-refractivity contribution in [3.63, 3.8) is 0 Å². The Morgan fingerprint density at radius 2 is 2.00 bits per heavy atom. The van der Waals surface area contributed by atoms with Gasteiger partial charge in [-0.2, -0.15) is 5.26 Å². The van der Waals surface area contributed by atoms with Gasteiger partial charge in [0.25, 0.3) is 0 Å². The number of halogens is 1. The van der Waals surface area contributed by atoms with E-state index in [2.05, 4.69) is 12.2 Å². The van der Waals surface area contributed by atoms with Crippen LogP contribution in [0.2, 0.25) is 5.02 Å². The standard InChI is InChI=1S/C19H21ClN2O2/c1-14(11-15-5-7-18(8-6-15)24-10-9-21)22-13-19(23)16-3-2-4-17(20)12-16/h2-8,12,14,19,22-23H,10-11,13H2,1H3. The number of aliphatic hydroxyl groups excluding tert-OH is 1. The van der Waals surface area contributed by atoms with Crippen molar-refractivity contribution in [1.82, 2.24) is 5.32 Å². The Kier molecular flexibility index (Phi) is 7.07. The molecule has 0 amide bonds. The van der Waals surface area contributed by atoms with Crippen LogP contribution in [-0.4, -0.2) is 24.3 Å². The highest BCUT2D eigenvalue weighted by Crippen LogP contribution is 2.17. The van der Waals surface area contributed by atoms with Crippen molar-refractivity contribution in [3.8, 4) is 11.8 Å². The van der Waals surface area contributed by atoms with Crippen LogP contribution in [-0.2, 0) is 6.42 Å². The van der Waals surface area contributed by atoms with Crippen LogP contribution >= 0.6 is 11.6 Å². The van der Waals surface area contributed by atoms with Crippen LogP contribution < -0.4 is 10.1 Å². The summed E-state index contributed by atoms with van der Waals surface area (Å²) < 4.78 is 5.23. The predicted molar refractivity (Wildman–Crippen MR) is 95.1 cm³/mol. The molecule has 2 rings (SSSR count). The van der Waals surface area contributed by atoms with Gasteiger partial charge in [-0.05, 0) is 48.7 Å². The number of hydrogen-bond donors (Lipinski definition) is 2. The zero-order valence-electron chi connectivity index (χ0n) is 13.6. The van der Waals surface area contributed by atoms with Gasteiger partial charge in [0, 0.05) is 17.6 Å². The zero-order chi connectivity index (χ0) is 17.4. The molecule has 2 atom stereocenters. The van der Waals surface area contributed by atoms with Crippen molar-refractivity contribution in [1.29, 1.82) is 5.26 Å². The zero-order valence-corrected chi connectivity index (χ0v) is 14.3. The summed E-state index contributed by atoms with van der Waals surface area (Å²) in [6.07, 6.45) is 0.244. The molecule has 5 heteroatoms. The number of nitriles is 1. The Labute approximate surface area is 147 Å². The number of hydrogen-bond acceptors (Lipinski definition) is 4. The van der Waals surface area contributed by atoms with E-state index >= 15 is 0 Å². The first-order valence-corrected chi connectivity index (χ1v) is 8.22. The first-order chi connectivity index (χ1) is 11.6. The van der Waals surface area contributed by atoms with Crippen molar-refractivity contribution >= 4 is 11.6 Å². The highest BCUT2D eigenvalue weighted by atomic mass is 35.5. The van der Waals surface area contributed by atoms with Crippen LogP contribution in [0.15, 0.2) is 48.5 Å². The van der Waals surface area contributed by atoms with Gasteiger partial charge < -0.3 is 15.2 Å². The van der Waals surface area contributed by atoms with Gasteiger partial charge in [0.15, 0.2) is 6.61 Å². The maximum atomic E-state index is 10.2. The van der Waals surface area contributed by atoms with Crippen LogP contribution in [0.5, 0.6) is 5.75 Å². The molecule has 2 aromatic rings. The molecular weight excluding hydrogens is 324 g/mol. The monoisotopic (exact) mass is 344 g/mol. The summed E-state index contributed by atoms with van der Waals surface area (Å²) >= 11 is 5.94. The number of nitrogens with zero attached hydrogens (tertiary/aromatic N) is 1. The lowest BCUT2D eigenvalue weighted by Crippen LogP contribution is -2.32. The summed E-state index contributed by atoms with van der Waals surface area (Å²) in [7, 11) is 0. The van der Waals surface area contributed by atoms with Gasteiger partial charge in [-0.25, -0.2) is 0 Å². The minimum absolute atomic E-state index is 0.0543. The van der Waals surface area contributed by atoms with Gasteiger partial charge in [-0.1, -0.05) is 35.9 Å².